The number of nitrogens with zero attached hydrogens (tertiary/aromatic N) is 3. The first-order chi connectivity index (χ1) is 9.38. The van der Waals surface area contributed by atoms with Gasteiger partial charge in [-0.3, -0.25) is 10.1 Å². The fourth-order valence-corrected chi connectivity index (χ4v) is 1.71. The van der Waals surface area contributed by atoms with Crippen LogP contribution in [-0.4, -0.2) is 25.8 Å². The molecule has 0 saturated carbocycles. The number of carbonyl (C=O) groups is 1. The number of rotatable bonds is 4. The van der Waals surface area contributed by atoms with Gasteiger partial charge in [0.25, 0.3) is 5.69 Å². The molecule has 0 aliphatic rings. The molecule has 0 aliphatic heterocycles. The van der Waals surface area contributed by atoms with Crippen LogP contribution < -0.4 is 4.74 Å². The van der Waals surface area contributed by atoms with Gasteiger partial charge in [0.2, 0.25) is 5.88 Å². The lowest BCUT2D eigenvalue weighted by Crippen LogP contribution is -2.03. The van der Waals surface area contributed by atoms with Crippen LogP contribution in [-0.2, 0) is 7.05 Å². The third-order valence-electron chi connectivity index (χ3n) is 2.58. The Balaban J connectivity index is 2.39. The fourth-order valence-electron chi connectivity index (χ4n) is 1.71. The van der Waals surface area contributed by atoms with Gasteiger partial charge in [0.1, 0.15) is 11.3 Å². The Hall–Kier alpha value is -2.90. The summed E-state index contributed by atoms with van der Waals surface area (Å²) in [6.45, 7) is 1.78. The Labute approximate surface area is 113 Å². The minimum absolute atomic E-state index is 0.191. The molecule has 1 N–H and O–H groups in total. The number of nitro groups is 1. The summed E-state index contributed by atoms with van der Waals surface area (Å²) in [5, 5.41) is 23.8. The Bertz CT molecular complexity index is 692. The zero-order valence-corrected chi connectivity index (χ0v) is 10.7. The molecular formula is C12H11N3O5. The molecule has 1 aromatic carbocycles. The minimum Gasteiger partial charge on any atom is -0.477 e. The van der Waals surface area contributed by atoms with Gasteiger partial charge in [0.05, 0.1) is 10.6 Å². The van der Waals surface area contributed by atoms with Gasteiger partial charge in [-0.05, 0) is 13.0 Å². The molecule has 0 aliphatic carbocycles. The molecule has 20 heavy (non-hydrogen) atoms. The molecule has 0 radical (unpaired) electrons. The molecular weight excluding hydrogens is 266 g/mol. The third kappa shape index (κ3) is 2.58. The van der Waals surface area contributed by atoms with Gasteiger partial charge in [0, 0.05) is 25.2 Å². The van der Waals surface area contributed by atoms with E-state index in [9.17, 15) is 14.9 Å². The maximum Gasteiger partial charge on any atom is 0.342 e. The van der Waals surface area contributed by atoms with Crippen molar-refractivity contribution in [3.05, 3.63) is 45.6 Å². The number of aryl methyl sites for hydroxylation is 2. The zero-order chi connectivity index (χ0) is 14.9. The topological polar surface area (TPSA) is 107 Å². The number of carboxylic acids is 1. The maximum absolute atomic E-state index is 11.0. The lowest BCUT2D eigenvalue weighted by Gasteiger charge is -2.06. The molecule has 0 saturated heterocycles. The number of benzene rings is 1. The van der Waals surface area contributed by atoms with E-state index in [-0.39, 0.29) is 5.75 Å². The number of carboxylic acid groups (broad SMARTS) is 1. The number of hydrogen-bond donors (Lipinski definition) is 1. The number of aromatic nitrogens is 2. The van der Waals surface area contributed by atoms with Crippen LogP contribution in [0.1, 0.15) is 16.1 Å². The number of nitro benzene ring substituents is 1. The molecule has 0 fully saturated rings. The van der Waals surface area contributed by atoms with E-state index >= 15 is 0 Å². The highest BCUT2D eigenvalue weighted by Gasteiger charge is 2.20. The molecule has 1 aromatic heterocycles. The highest BCUT2D eigenvalue weighted by molar-refractivity contribution is 5.92. The first-order valence-corrected chi connectivity index (χ1v) is 5.58. The van der Waals surface area contributed by atoms with Gasteiger partial charge in [-0.1, -0.05) is 0 Å². The Kier molecular flexibility index (Phi) is 3.38. The zero-order valence-electron chi connectivity index (χ0n) is 10.7. The van der Waals surface area contributed by atoms with Crippen LogP contribution in [0.15, 0.2) is 24.3 Å². The van der Waals surface area contributed by atoms with E-state index in [1.807, 2.05) is 0 Å². The SMILES string of the molecule is Cc1cc(Oc2ccc([N+](=O)[O-])c(C(=O)O)c2)n(C)n1. The normalized spacial score (nSPS) is 10.3. The van der Waals surface area contributed by atoms with Crippen LogP contribution in [0.2, 0.25) is 0 Å². The summed E-state index contributed by atoms with van der Waals surface area (Å²) in [7, 11) is 1.67. The first kappa shape index (κ1) is 13.5. The van der Waals surface area contributed by atoms with Crippen LogP contribution in [0, 0.1) is 17.0 Å². The fraction of sp³-hybridized carbons (Fsp3) is 0.167. The quantitative estimate of drug-likeness (QED) is 0.677. The molecule has 8 nitrogen and oxygen atoms in total. The van der Waals surface area contributed by atoms with E-state index in [1.165, 1.54) is 10.7 Å². The van der Waals surface area contributed by atoms with Gasteiger partial charge in [-0.25, -0.2) is 9.48 Å². The lowest BCUT2D eigenvalue weighted by atomic mass is 10.1. The second-order valence-corrected chi connectivity index (χ2v) is 4.09. The predicted molar refractivity (Wildman–Crippen MR) is 68.1 cm³/mol. The summed E-state index contributed by atoms with van der Waals surface area (Å²) >= 11 is 0. The molecule has 0 atom stereocenters. The van der Waals surface area contributed by atoms with Crippen molar-refractivity contribution in [2.75, 3.05) is 0 Å². The minimum atomic E-state index is -1.39. The van der Waals surface area contributed by atoms with Crippen LogP contribution in [0.4, 0.5) is 5.69 Å². The van der Waals surface area contributed by atoms with E-state index < -0.39 is 22.1 Å². The van der Waals surface area contributed by atoms with Gasteiger partial charge < -0.3 is 9.84 Å². The molecule has 0 spiro atoms. The van der Waals surface area contributed by atoms with Gasteiger partial charge in [-0.15, -0.1) is 0 Å². The Morgan fingerprint density at radius 3 is 2.65 bits per heavy atom. The first-order valence-electron chi connectivity index (χ1n) is 5.58. The highest BCUT2D eigenvalue weighted by Crippen LogP contribution is 2.27. The van der Waals surface area contributed by atoms with Crippen molar-refractivity contribution in [3.63, 3.8) is 0 Å². The predicted octanol–water partition coefficient (Wildman–Crippen LogP) is 2.13. The van der Waals surface area contributed by atoms with Crippen molar-refractivity contribution in [2.45, 2.75) is 6.92 Å². The second kappa shape index (κ2) is 5.00. The van der Waals surface area contributed by atoms with Crippen LogP contribution in [0.3, 0.4) is 0 Å². The standard InChI is InChI=1S/C12H11N3O5/c1-7-5-11(14(2)13-7)20-8-3-4-10(15(18)19)9(6-8)12(16)17/h3-6H,1-2H3,(H,16,17). The number of ether oxygens (including phenoxy) is 1. The summed E-state index contributed by atoms with van der Waals surface area (Å²) in [5.74, 6) is -0.785. The molecule has 1 heterocycles. The van der Waals surface area contributed by atoms with E-state index in [1.54, 1.807) is 20.0 Å². The number of aromatic carboxylic acids is 1. The van der Waals surface area contributed by atoms with Crippen molar-refractivity contribution in [1.29, 1.82) is 0 Å². The average molecular weight is 277 g/mol. The van der Waals surface area contributed by atoms with Crippen LogP contribution in [0.25, 0.3) is 0 Å². The summed E-state index contributed by atoms with van der Waals surface area (Å²) in [5.41, 5.74) is -0.166. The van der Waals surface area contributed by atoms with Gasteiger partial charge >= 0.3 is 5.97 Å². The monoisotopic (exact) mass is 277 g/mol. The summed E-state index contributed by atoms with van der Waals surface area (Å²) < 4.78 is 6.95. The van der Waals surface area contributed by atoms with Gasteiger partial charge in [-0.2, -0.15) is 5.10 Å². The molecule has 8 heteroatoms. The van der Waals surface area contributed by atoms with Crippen molar-refractivity contribution in [1.82, 2.24) is 9.78 Å². The van der Waals surface area contributed by atoms with Gasteiger partial charge in [0.15, 0.2) is 0 Å². The van der Waals surface area contributed by atoms with E-state index in [0.29, 0.717) is 5.88 Å². The molecule has 104 valence electrons. The second-order valence-electron chi connectivity index (χ2n) is 4.09. The smallest absolute Gasteiger partial charge is 0.342 e. The largest absolute Gasteiger partial charge is 0.477 e. The van der Waals surface area contributed by atoms with Crippen molar-refractivity contribution in [3.8, 4) is 11.6 Å². The lowest BCUT2D eigenvalue weighted by molar-refractivity contribution is -0.385. The number of hydrogen-bond acceptors (Lipinski definition) is 5. The van der Waals surface area contributed by atoms with Crippen LogP contribution >= 0.6 is 0 Å². The molecule has 0 amide bonds. The van der Waals surface area contributed by atoms with E-state index in [0.717, 1.165) is 17.8 Å². The summed E-state index contributed by atoms with van der Waals surface area (Å²) in [4.78, 5) is 21.0. The van der Waals surface area contributed by atoms with E-state index in [2.05, 4.69) is 5.10 Å². The molecule has 2 aromatic rings. The van der Waals surface area contributed by atoms with E-state index in [4.69, 9.17) is 9.84 Å². The molecule has 0 bridgehead atoms. The van der Waals surface area contributed by atoms with Crippen LogP contribution in [0.5, 0.6) is 11.6 Å². The summed E-state index contributed by atoms with van der Waals surface area (Å²) in [6, 6.07) is 5.22. The summed E-state index contributed by atoms with van der Waals surface area (Å²) in [6.07, 6.45) is 0. The molecule has 0 unspecified atom stereocenters. The van der Waals surface area contributed by atoms with Crippen molar-refractivity contribution < 1.29 is 19.6 Å². The Morgan fingerprint density at radius 2 is 2.15 bits per heavy atom. The third-order valence-corrected chi connectivity index (χ3v) is 2.58. The van der Waals surface area contributed by atoms with Crippen molar-refractivity contribution in [2.24, 2.45) is 7.05 Å². The van der Waals surface area contributed by atoms with Crippen molar-refractivity contribution >= 4 is 11.7 Å². The maximum atomic E-state index is 11.0. The average Bonchev–Trinajstić information content (AvgIpc) is 2.67. The molecule has 2 rings (SSSR count). The Morgan fingerprint density at radius 1 is 1.45 bits per heavy atom. The highest BCUT2D eigenvalue weighted by atomic mass is 16.6.